The number of phenols is 1. The van der Waals surface area contributed by atoms with Crippen molar-refractivity contribution in [2.24, 2.45) is 0 Å². The molecule has 2 rings (SSSR count). The number of methoxy groups -OCH3 is 1. The molecule has 0 fully saturated rings. The van der Waals surface area contributed by atoms with Gasteiger partial charge in [0.2, 0.25) is 0 Å². The van der Waals surface area contributed by atoms with Crippen molar-refractivity contribution in [1.82, 2.24) is 5.16 Å². The molecule has 7 heteroatoms. The zero-order valence-corrected chi connectivity index (χ0v) is 9.18. The van der Waals surface area contributed by atoms with Gasteiger partial charge in [0.05, 0.1) is 12.7 Å². The number of hydrogen-bond acceptors (Lipinski definition) is 5. The molecule has 0 saturated heterocycles. The number of ether oxygens (including phenoxy) is 1. The first-order valence-corrected chi connectivity index (χ1v) is 4.80. The molecule has 0 radical (unpaired) electrons. The van der Waals surface area contributed by atoms with E-state index >= 15 is 0 Å². The van der Waals surface area contributed by atoms with Gasteiger partial charge in [-0.1, -0.05) is 5.16 Å². The first-order chi connectivity index (χ1) is 8.52. The lowest BCUT2D eigenvalue weighted by atomic mass is 10.1. The highest BCUT2D eigenvalue weighted by atomic mass is 19.1. The number of carboxylic acids is 1. The van der Waals surface area contributed by atoms with Crippen LogP contribution in [-0.4, -0.2) is 28.4 Å². The van der Waals surface area contributed by atoms with Crippen LogP contribution in [0.2, 0.25) is 0 Å². The number of halogens is 1. The van der Waals surface area contributed by atoms with Crippen LogP contribution in [0.3, 0.4) is 0 Å². The van der Waals surface area contributed by atoms with Crippen molar-refractivity contribution in [3.05, 3.63) is 29.7 Å². The first-order valence-electron chi connectivity index (χ1n) is 4.80. The molecule has 2 N–H and O–H groups in total. The Hall–Kier alpha value is -2.57. The zero-order valence-electron chi connectivity index (χ0n) is 9.18. The van der Waals surface area contributed by atoms with Crippen LogP contribution < -0.4 is 4.74 Å². The molecule has 0 bridgehead atoms. The van der Waals surface area contributed by atoms with Gasteiger partial charge in [0.15, 0.2) is 23.0 Å². The third-order valence-corrected chi connectivity index (χ3v) is 2.26. The summed E-state index contributed by atoms with van der Waals surface area (Å²) in [5.74, 6) is -2.77. The van der Waals surface area contributed by atoms with Crippen LogP contribution in [0.25, 0.3) is 11.3 Å². The summed E-state index contributed by atoms with van der Waals surface area (Å²) in [6, 6.07) is 3.41. The molecule has 0 aliphatic rings. The van der Waals surface area contributed by atoms with Crippen LogP contribution in [0.1, 0.15) is 10.5 Å². The van der Waals surface area contributed by atoms with Gasteiger partial charge in [-0.15, -0.1) is 0 Å². The predicted octanol–water partition coefficient (Wildman–Crippen LogP) is 1.89. The topological polar surface area (TPSA) is 92.8 Å². The second-order valence-electron chi connectivity index (χ2n) is 3.39. The lowest BCUT2D eigenvalue weighted by Crippen LogP contribution is -1.94. The molecular weight excluding hydrogens is 245 g/mol. The standard InChI is InChI=1S/C11H8FNO5/c1-17-5-2-6(10(12)8(14)3-5)9-4-7(11(15)16)13-18-9/h2-4,14H,1H3,(H,15,16). The van der Waals surface area contributed by atoms with E-state index in [1.54, 1.807) is 0 Å². The number of phenolic OH excluding ortho intramolecular Hbond substituents is 1. The van der Waals surface area contributed by atoms with Gasteiger partial charge in [0.1, 0.15) is 5.75 Å². The lowest BCUT2D eigenvalue weighted by molar-refractivity contribution is 0.0686. The molecule has 0 amide bonds. The highest BCUT2D eigenvalue weighted by Crippen LogP contribution is 2.33. The minimum absolute atomic E-state index is 0.112. The average Bonchev–Trinajstić information content (AvgIpc) is 2.82. The summed E-state index contributed by atoms with van der Waals surface area (Å²) in [6.45, 7) is 0. The maximum atomic E-state index is 13.7. The first kappa shape index (κ1) is 11.9. The molecular formula is C11H8FNO5. The van der Waals surface area contributed by atoms with Gasteiger partial charge in [-0.3, -0.25) is 0 Å². The summed E-state index contributed by atoms with van der Waals surface area (Å²) in [6.07, 6.45) is 0. The highest BCUT2D eigenvalue weighted by Gasteiger charge is 2.18. The molecule has 1 heterocycles. The molecule has 1 aromatic carbocycles. The number of benzene rings is 1. The Kier molecular flexibility index (Phi) is 2.88. The van der Waals surface area contributed by atoms with Crippen molar-refractivity contribution in [3.8, 4) is 22.8 Å². The minimum Gasteiger partial charge on any atom is -0.505 e. The third-order valence-electron chi connectivity index (χ3n) is 2.26. The third kappa shape index (κ3) is 1.97. The molecule has 0 saturated carbocycles. The summed E-state index contributed by atoms with van der Waals surface area (Å²) in [5, 5.41) is 21.3. The van der Waals surface area contributed by atoms with E-state index in [0.29, 0.717) is 0 Å². The average molecular weight is 253 g/mol. The van der Waals surface area contributed by atoms with Crippen LogP contribution in [0.15, 0.2) is 22.7 Å². The van der Waals surface area contributed by atoms with Crippen LogP contribution in [-0.2, 0) is 0 Å². The molecule has 0 aliphatic carbocycles. The Bertz CT molecular complexity index is 607. The van der Waals surface area contributed by atoms with E-state index in [0.717, 1.165) is 12.1 Å². The van der Waals surface area contributed by atoms with Gasteiger partial charge in [-0.05, 0) is 6.07 Å². The fraction of sp³-hybridized carbons (Fsp3) is 0.0909. The van der Waals surface area contributed by atoms with Gasteiger partial charge in [0, 0.05) is 12.1 Å². The van der Waals surface area contributed by atoms with E-state index in [1.165, 1.54) is 13.2 Å². The lowest BCUT2D eigenvalue weighted by Gasteiger charge is -2.05. The van der Waals surface area contributed by atoms with Gasteiger partial charge in [0.25, 0.3) is 0 Å². The van der Waals surface area contributed by atoms with E-state index in [2.05, 4.69) is 5.16 Å². The quantitative estimate of drug-likeness (QED) is 0.867. The number of aromatic nitrogens is 1. The fourth-order valence-corrected chi connectivity index (χ4v) is 1.38. The monoisotopic (exact) mass is 253 g/mol. The molecule has 0 aliphatic heterocycles. The number of aromatic hydroxyl groups is 1. The Labute approximate surface area is 100 Å². The largest absolute Gasteiger partial charge is 0.505 e. The second kappa shape index (κ2) is 4.36. The second-order valence-corrected chi connectivity index (χ2v) is 3.39. The molecule has 94 valence electrons. The van der Waals surface area contributed by atoms with Crippen molar-refractivity contribution in [2.45, 2.75) is 0 Å². The van der Waals surface area contributed by atoms with Crippen molar-refractivity contribution >= 4 is 5.97 Å². The molecule has 0 unspecified atom stereocenters. The summed E-state index contributed by atoms with van der Waals surface area (Å²) < 4.78 is 23.2. The predicted molar refractivity (Wildman–Crippen MR) is 57.1 cm³/mol. The Morgan fingerprint density at radius 3 is 2.72 bits per heavy atom. The van der Waals surface area contributed by atoms with E-state index in [1.807, 2.05) is 0 Å². The Balaban J connectivity index is 2.55. The van der Waals surface area contributed by atoms with Crippen LogP contribution in [0, 0.1) is 5.82 Å². The number of carbonyl (C=O) groups is 1. The number of hydrogen-bond donors (Lipinski definition) is 2. The van der Waals surface area contributed by atoms with Gasteiger partial charge >= 0.3 is 5.97 Å². The Morgan fingerprint density at radius 1 is 1.44 bits per heavy atom. The summed E-state index contributed by atoms with van der Waals surface area (Å²) in [7, 11) is 1.35. The van der Waals surface area contributed by atoms with E-state index in [9.17, 15) is 14.3 Å². The highest BCUT2D eigenvalue weighted by molar-refractivity contribution is 5.86. The fourth-order valence-electron chi connectivity index (χ4n) is 1.38. The smallest absolute Gasteiger partial charge is 0.358 e. The summed E-state index contributed by atoms with van der Waals surface area (Å²) >= 11 is 0. The zero-order chi connectivity index (χ0) is 13.3. The van der Waals surface area contributed by atoms with E-state index in [4.69, 9.17) is 14.4 Å². The molecule has 0 atom stereocenters. The maximum Gasteiger partial charge on any atom is 0.358 e. The minimum atomic E-state index is -1.29. The number of aromatic carboxylic acids is 1. The van der Waals surface area contributed by atoms with Crippen molar-refractivity contribution in [2.75, 3.05) is 7.11 Å². The molecule has 18 heavy (non-hydrogen) atoms. The van der Waals surface area contributed by atoms with E-state index in [-0.39, 0.29) is 22.8 Å². The normalized spacial score (nSPS) is 10.3. The van der Waals surface area contributed by atoms with Gasteiger partial charge in [-0.25, -0.2) is 9.18 Å². The molecule has 0 spiro atoms. The van der Waals surface area contributed by atoms with Crippen molar-refractivity contribution < 1.29 is 28.7 Å². The maximum absolute atomic E-state index is 13.7. The van der Waals surface area contributed by atoms with Crippen LogP contribution >= 0.6 is 0 Å². The molecule has 6 nitrogen and oxygen atoms in total. The molecule has 1 aromatic heterocycles. The summed E-state index contributed by atoms with van der Waals surface area (Å²) in [4.78, 5) is 10.6. The summed E-state index contributed by atoms with van der Waals surface area (Å²) in [5.41, 5.74) is -0.487. The number of carboxylic acid groups (broad SMARTS) is 1. The molecule has 2 aromatic rings. The van der Waals surface area contributed by atoms with Gasteiger partial charge < -0.3 is 19.5 Å². The SMILES string of the molecule is COc1cc(O)c(F)c(-c2cc(C(=O)O)no2)c1. The van der Waals surface area contributed by atoms with Crippen LogP contribution in [0.4, 0.5) is 4.39 Å². The van der Waals surface area contributed by atoms with E-state index < -0.39 is 17.5 Å². The number of nitrogens with zero attached hydrogens (tertiary/aromatic N) is 1. The number of rotatable bonds is 3. The van der Waals surface area contributed by atoms with Crippen molar-refractivity contribution in [3.63, 3.8) is 0 Å². The van der Waals surface area contributed by atoms with Gasteiger partial charge in [-0.2, -0.15) is 0 Å². The Morgan fingerprint density at radius 2 is 2.17 bits per heavy atom. The van der Waals surface area contributed by atoms with Crippen LogP contribution in [0.5, 0.6) is 11.5 Å². The van der Waals surface area contributed by atoms with Crippen molar-refractivity contribution in [1.29, 1.82) is 0 Å².